The number of rotatable bonds is 2. The molecular weight excluding hydrogens is 246 g/mol. The van der Waals surface area contributed by atoms with Gasteiger partial charge in [-0.25, -0.2) is 4.79 Å². The lowest BCUT2D eigenvalue weighted by Gasteiger charge is -2.00. The Kier molecular flexibility index (Phi) is 2.57. The molecule has 0 amide bonds. The molecule has 18 heavy (non-hydrogen) atoms. The first kappa shape index (κ1) is 10.9. The lowest BCUT2D eigenvalue weighted by atomic mass is 10.1. The van der Waals surface area contributed by atoms with Crippen molar-refractivity contribution >= 4 is 27.4 Å². The molecule has 0 saturated heterocycles. The summed E-state index contributed by atoms with van der Waals surface area (Å²) in [5, 5.41) is 9.94. The van der Waals surface area contributed by atoms with Crippen molar-refractivity contribution in [2.75, 3.05) is 0 Å². The molecule has 3 nitrogen and oxygen atoms in total. The van der Waals surface area contributed by atoms with E-state index in [2.05, 4.69) is 4.98 Å². The van der Waals surface area contributed by atoms with E-state index in [1.54, 1.807) is 18.5 Å². The first-order valence-corrected chi connectivity index (χ1v) is 6.23. The highest BCUT2D eigenvalue weighted by Crippen LogP contribution is 2.30. The Morgan fingerprint density at radius 2 is 1.83 bits per heavy atom. The van der Waals surface area contributed by atoms with E-state index in [1.165, 1.54) is 11.3 Å². The van der Waals surface area contributed by atoms with Gasteiger partial charge in [-0.2, -0.15) is 0 Å². The average molecular weight is 255 g/mol. The third-order valence-corrected chi connectivity index (χ3v) is 3.83. The standard InChI is InChI=1S/C14H9NO2S/c16-14(17)13-8-11-2-1-10(7-12(11)18-13)9-3-5-15-6-4-9/h1-8H,(H,16,17). The van der Waals surface area contributed by atoms with Crippen LogP contribution in [0, 0.1) is 0 Å². The summed E-state index contributed by atoms with van der Waals surface area (Å²) in [7, 11) is 0. The molecule has 0 aliphatic heterocycles. The molecule has 0 bridgehead atoms. The minimum absolute atomic E-state index is 0.372. The van der Waals surface area contributed by atoms with Crippen LogP contribution in [0.1, 0.15) is 9.67 Å². The van der Waals surface area contributed by atoms with Crippen molar-refractivity contribution in [3.63, 3.8) is 0 Å². The predicted molar refractivity (Wildman–Crippen MR) is 72.0 cm³/mol. The van der Waals surface area contributed by atoms with Gasteiger partial charge in [0.05, 0.1) is 0 Å². The van der Waals surface area contributed by atoms with E-state index in [0.29, 0.717) is 4.88 Å². The number of thiophene rings is 1. The molecule has 2 aromatic heterocycles. The molecule has 3 aromatic rings. The van der Waals surface area contributed by atoms with Crippen molar-refractivity contribution in [1.82, 2.24) is 4.98 Å². The second kappa shape index (κ2) is 4.23. The van der Waals surface area contributed by atoms with Crippen molar-refractivity contribution in [3.05, 3.63) is 53.7 Å². The second-order valence-corrected chi connectivity index (χ2v) is 4.99. The average Bonchev–Trinajstić information content (AvgIpc) is 2.82. The van der Waals surface area contributed by atoms with Crippen LogP contribution in [0.25, 0.3) is 21.2 Å². The number of carboxylic acids is 1. The van der Waals surface area contributed by atoms with E-state index in [0.717, 1.165) is 21.2 Å². The summed E-state index contributed by atoms with van der Waals surface area (Å²) in [6.45, 7) is 0. The molecule has 0 spiro atoms. The number of carbonyl (C=O) groups is 1. The van der Waals surface area contributed by atoms with Crippen LogP contribution in [0.3, 0.4) is 0 Å². The van der Waals surface area contributed by atoms with Crippen LogP contribution in [0.4, 0.5) is 0 Å². The largest absolute Gasteiger partial charge is 0.477 e. The van der Waals surface area contributed by atoms with Crippen molar-refractivity contribution in [2.45, 2.75) is 0 Å². The Labute approximate surface area is 107 Å². The summed E-state index contributed by atoms with van der Waals surface area (Å²) in [4.78, 5) is 15.3. The van der Waals surface area contributed by atoms with Crippen LogP contribution in [-0.4, -0.2) is 16.1 Å². The van der Waals surface area contributed by atoms with Crippen molar-refractivity contribution in [3.8, 4) is 11.1 Å². The molecule has 88 valence electrons. The molecule has 1 aromatic carbocycles. The highest BCUT2D eigenvalue weighted by Gasteiger charge is 2.08. The molecule has 1 N–H and O–H groups in total. The molecule has 0 saturated carbocycles. The van der Waals surface area contributed by atoms with Crippen molar-refractivity contribution in [1.29, 1.82) is 0 Å². The Morgan fingerprint density at radius 3 is 2.56 bits per heavy atom. The number of fused-ring (bicyclic) bond motifs is 1. The summed E-state index contributed by atoms with van der Waals surface area (Å²) in [6.07, 6.45) is 3.49. The number of aromatic carboxylic acids is 1. The number of pyridine rings is 1. The van der Waals surface area contributed by atoms with Gasteiger partial charge in [-0.05, 0) is 40.8 Å². The number of benzene rings is 1. The van der Waals surface area contributed by atoms with E-state index in [4.69, 9.17) is 5.11 Å². The zero-order valence-electron chi connectivity index (χ0n) is 9.33. The normalized spacial score (nSPS) is 10.7. The maximum Gasteiger partial charge on any atom is 0.345 e. The SMILES string of the molecule is O=C(O)c1cc2ccc(-c3ccncc3)cc2s1. The molecule has 0 fully saturated rings. The molecule has 0 radical (unpaired) electrons. The molecule has 0 aliphatic rings. The van der Waals surface area contributed by atoms with E-state index in [-0.39, 0.29) is 0 Å². The van der Waals surface area contributed by atoms with Gasteiger partial charge >= 0.3 is 5.97 Å². The quantitative estimate of drug-likeness (QED) is 0.760. The number of carboxylic acid groups (broad SMARTS) is 1. The lowest BCUT2D eigenvalue weighted by molar-refractivity contribution is 0.0702. The fourth-order valence-electron chi connectivity index (χ4n) is 1.86. The topological polar surface area (TPSA) is 50.2 Å². The van der Waals surface area contributed by atoms with E-state index in [1.807, 2.05) is 30.3 Å². The zero-order chi connectivity index (χ0) is 12.5. The van der Waals surface area contributed by atoms with Gasteiger partial charge in [0.25, 0.3) is 0 Å². The maximum atomic E-state index is 10.9. The number of hydrogen-bond donors (Lipinski definition) is 1. The van der Waals surface area contributed by atoms with Gasteiger partial charge in [0.15, 0.2) is 0 Å². The van der Waals surface area contributed by atoms with Gasteiger partial charge < -0.3 is 5.11 Å². The van der Waals surface area contributed by atoms with Gasteiger partial charge in [-0.15, -0.1) is 11.3 Å². The first-order valence-electron chi connectivity index (χ1n) is 5.41. The van der Waals surface area contributed by atoms with Crippen molar-refractivity contribution in [2.24, 2.45) is 0 Å². The fraction of sp³-hybridized carbons (Fsp3) is 0. The highest BCUT2D eigenvalue weighted by atomic mass is 32.1. The first-order chi connectivity index (χ1) is 8.74. The summed E-state index contributed by atoms with van der Waals surface area (Å²) in [6, 6.07) is 11.5. The Morgan fingerprint density at radius 1 is 1.06 bits per heavy atom. The molecule has 0 atom stereocenters. The van der Waals surface area contributed by atoms with Gasteiger partial charge in [0.1, 0.15) is 4.88 Å². The Bertz CT molecular complexity index is 719. The number of aromatic nitrogens is 1. The highest BCUT2D eigenvalue weighted by molar-refractivity contribution is 7.20. The van der Waals surface area contributed by atoms with E-state index < -0.39 is 5.97 Å². The summed E-state index contributed by atoms with van der Waals surface area (Å²) in [5.74, 6) is -0.873. The molecule has 2 heterocycles. The van der Waals surface area contributed by atoms with Crippen LogP contribution in [0.5, 0.6) is 0 Å². The molecule has 0 aliphatic carbocycles. The molecule has 3 rings (SSSR count). The molecule has 0 unspecified atom stereocenters. The maximum absolute atomic E-state index is 10.9. The van der Waals surface area contributed by atoms with Gasteiger partial charge in [-0.3, -0.25) is 4.98 Å². The Hall–Kier alpha value is -2.20. The minimum Gasteiger partial charge on any atom is -0.477 e. The van der Waals surface area contributed by atoms with Crippen LogP contribution in [-0.2, 0) is 0 Å². The van der Waals surface area contributed by atoms with Gasteiger partial charge in [0, 0.05) is 17.1 Å². The molecular formula is C14H9NO2S. The number of nitrogens with zero attached hydrogens (tertiary/aromatic N) is 1. The second-order valence-electron chi connectivity index (χ2n) is 3.90. The summed E-state index contributed by atoms with van der Waals surface area (Å²) in [5.41, 5.74) is 2.15. The predicted octanol–water partition coefficient (Wildman–Crippen LogP) is 3.66. The minimum atomic E-state index is -0.873. The smallest absolute Gasteiger partial charge is 0.345 e. The van der Waals surface area contributed by atoms with Crippen LogP contribution >= 0.6 is 11.3 Å². The fourth-order valence-corrected chi connectivity index (χ4v) is 2.80. The van der Waals surface area contributed by atoms with Gasteiger partial charge in [0.2, 0.25) is 0 Å². The Balaban J connectivity index is 2.14. The van der Waals surface area contributed by atoms with Crippen LogP contribution < -0.4 is 0 Å². The third kappa shape index (κ3) is 1.87. The molecule has 4 heteroatoms. The third-order valence-electron chi connectivity index (χ3n) is 2.74. The zero-order valence-corrected chi connectivity index (χ0v) is 10.1. The van der Waals surface area contributed by atoms with E-state index in [9.17, 15) is 4.79 Å². The van der Waals surface area contributed by atoms with Gasteiger partial charge in [-0.1, -0.05) is 12.1 Å². The van der Waals surface area contributed by atoms with Crippen LogP contribution in [0.15, 0.2) is 48.8 Å². The monoisotopic (exact) mass is 255 g/mol. The van der Waals surface area contributed by atoms with E-state index >= 15 is 0 Å². The summed E-state index contributed by atoms with van der Waals surface area (Å²) >= 11 is 1.30. The lowest BCUT2D eigenvalue weighted by Crippen LogP contribution is -1.89. The van der Waals surface area contributed by atoms with Crippen LogP contribution in [0.2, 0.25) is 0 Å². The summed E-state index contributed by atoms with van der Waals surface area (Å²) < 4.78 is 0.988. The van der Waals surface area contributed by atoms with Crippen molar-refractivity contribution < 1.29 is 9.90 Å². The number of hydrogen-bond acceptors (Lipinski definition) is 3.